The summed E-state index contributed by atoms with van der Waals surface area (Å²) in [6.45, 7) is 5.19. The Morgan fingerprint density at radius 2 is 1.97 bits per heavy atom. The molecule has 1 aliphatic heterocycles. The summed E-state index contributed by atoms with van der Waals surface area (Å²) in [5.41, 5.74) is 1.06. The van der Waals surface area contributed by atoms with Crippen molar-refractivity contribution in [3.63, 3.8) is 0 Å². The van der Waals surface area contributed by atoms with E-state index in [0.717, 1.165) is 80.8 Å². The van der Waals surface area contributed by atoms with Crippen molar-refractivity contribution < 1.29 is 9.53 Å². The van der Waals surface area contributed by atoms with Gasteiger partial charge in [-0.3, -0.25) is 9.69 Å². The number of piperazine rings is 1. The third-order valence-electron chi connectivity index (χ3n) is 6.17. The molecule has 7 heteroatoms. The molecule has 1 saturated heterocycles. The number of methoxy groups -OCH3 is 1. The predicted molar refractivity (Wildman–Crippen MR) is 115 cm³/mol. The molecule has 1 aliphatic carbocycles. The Bertz CT molecular complexity index is 720. The van der Waals surface area contributed by atoms with Gasteiger partial charge in [0.1, 0.15) is 12.2 Å². The Hall–Kier alpha value is -1.97. The van der Waals surface area contributed by atoms with E-state index >= 15 is 0 Å². The lowest BCUT2D eigenvalue weighted by molar-refractivity contribution is -0.121. The minimum Gasteiger partial charge on any atom is -0.497 e. The van der Waals surface area contributed by atoms with Crippen LogP contribution in [0.2, 0.25) is 5.02 Å². The zero-order valence-corrected chi connectivity index (χ0v) is 18.0. The average molecular weight is 419 g/mol. The van der Waals surface area contributed by atoms with Gasteiger partial charge in [0.15, 0.2) is 0 Å². The van der Waals surface area contributed by atoms with Gasteiger partial charge in [-0.25, -0.2) is 0 Å². The first-order valence-electron chi connectivity index (χ1n) is 10.6. The van der Waals surface area contributed by atoms with Crippen molar-refractivity contribution in [2.75, 3.05) is 44.7 Å². The zero-order chi connectivity index (χ0) is 20.6. The second-order valence-electron chi connectivity index (χ2n) is 8.05. The summed E-state index contributed by atoms with van der Waals surface area (Å²) in [4.78, 5) is 16.4. The van der Waals surface area contributed by atoms with Crippen molar-refractivity contribution in [2.24, 2.45) is 5.92 Å². The molecule has 0 bridgehead atoms. The Balaban J connectivity index is 1.37. The summed E-state index contributed by atoms with van der Waals surface area (Å²) < 4.78 is 5.34. The Morgan fingerprint density at radius 3 is 2.62 bits per heavy atom. The molecule has 3 rings (SSSR count). The third-order valence-corrected chi connectivity index (χ3v) is 6.49. The summed E-state index contributed by atoms with van der Waals surface area (Å²) in [6.07, 6.45) is 5.58. The smallest absolute Gasteiger partial charge is 0.234 e. The van der Waals surface area contributed by atoms with Gasteiger partial charge in [0.05, 0.1) is 23.9 Å². The first kappa shape index (κ1) is 21.7. The fraction of sp³-hybridized carbons (Fsp3) is 0.636. The van der Waals surface area contributed by atoms with E-state index in [9.17, 15) is 4.79 Å². The van der Waals surface area contributed by atoms with E-state index in [0.29, 0.717) is 0 Å². The molecule has 0 aromatic heterocycles. The van der Waals surface area contributed by atoms with Crippen molar-refractivity contribution in [3.8, 4) is 11.8 Å². The second-order valence-corrected chi connectivity index (χ2v) is 8.46. The monoisotopic (exact) mass is 418 g/mol. The minimum absolute atomic E-state index is 0.0348. The van der Waals surface area contributed by atoms with Crippen molar-refractivity contribution >= 4 is 23.2 Å². The van der Waals surface area contributed by atoms with E-state index in [-0.39, 0.29) is 18.4 Å². The lowest BCUT2D eigenvalue weighted by Crippen LogP contribution is -2.47. The summed E-state index contributed by atoms with van der Waals surface area (Å²) in [7, 11) is 1.68. The van der Waals surface area contributed by atoms with Gasteiger partial charge < -0.3 is 15.0 Å². The van der Waals surface area contributed by atoms with Crippen molar-refractivity contribution in [2.45, 2.75) is 44.6 Å². The molecule has 0 spiro atoms. The number of nitrogens with zero attached hydrogens (tertiary/aromatic N) is 3. The molecule has 2 fully saturated rings. The number of carbonyl (C=O) groups excluding carboxylic acids is 1. The van der Waals surface area contributed by atoms with E-state index in [1.54, 1.807) is 7.11 Å². The normalized spacial score (nSPS) is 22.7. The molecule has 6 nitrogen and oxygen atoms in total. The highest BCUT2D eigenvalue weighted by molar-refractivity contribution is 6.33. The molecule has 1 aromatic rings. The van der Waals surface area contributed by atoms with Crippen LogP contribution < -0.4 is 15.0 Å². The van der Waals surface area contributed by atoms with Crippen LogP contribution in [0.1, 0.15) is 38.5 Å². The first-order valence-corrected chi connectivity index (χ1v) is 10.9. The van der Waals surface area contributed by atoms with E-state index in [4.69, 9.17) is 21.6 Å². The van der Waals surface area contributed by atoms with Crippen molar-refractivity contribution in [3.05, 3.63) is 23.2 Å². The molecule has 0 radical (unpaired) electrons. The summed E-state index contributed by atoms with van der Waals surface area (Å²) in [5.74, 6) is 1.45. The van der Waals surface area contributed by atoms with Gasteiger partial charge >= 0.3 is 0 Å². The Labute approximate surface area is 178 Å². The van der Waals surface area contributed by atoms with E-state index in [1.165, 1.54) is 6.42 Å². The maximum absolute atomic E-state index is 11.6. The van der Waals surface area contributed by atoms with Crippen LogP contribution in [-0.2, 0) is 4.79 Å². The molecule has 1 N–H and O–H groups in total. The maximum Gasteiger partial charge on any atom is 0.234 e. The number of nitriles is 1. The molecular formula is C22H31ClN4O2. The molecule has 1 heterocycles. The number of benzene rings is 1. The van der Waals surface area contributed by atoms with Crippen LogP contribution in [0.4, 0.5) is 5.69 Å². The molecule has 158 valence electrons. The fourth-order valence-electron chi connectivity index (χ4n) is 4.39. The van der Waals surface area contributed by atoms with Crippen molar-refractivity contribution in [1.29, 1.82) is 5.26 Å². The van der Waals surface area contributed by atoms with Gasteiger partial charge in [-0.1, -0.05) is 11.6 Å². The van der Waals surface area contributed by atoms with Crippen LogP contribution in [0.3, 0.4) is 0 Å². The number of hydrogen-bond donors (Lipinski definition) is 1. The van der Waals surface area contributed by atoms with Gasteiger partial charge in [0, 0.05) is 38.3 Å². The highest BCUT2D eigenvalue weighted by Gasteiger charge is 2.24. The number of hydrogen-bond acceptors (Lipinski definition) is 5. The molecule has 29 heavy (non-hydrogen) atoms. The van der Waals surface area contributed by atoms with Gasteiger partial charge in [-0.15, -0.1) is 0 Å². The number of nitrogens with one attached hydrogen (secondary N) is 1. The zero-order valence-electron chi connectivity index (χ0n) is 17.2. The van der Waals surface area contributed by atoms with Crippen LogP contribution >= 0.6 is 11.6 Å². The van der Waals surface area contributed by atoms with Crippen LogP contribution in [0.25, 0.3) is 0 Å². The van der Waals surface area contributed by atoms with Crippen LogP contribution in [0, 0.1) is 17.2 Å². The molecule has 1 aromatic carbocycles. The molecule has 2 aliphatic rings. The average Bonchev–Trinajstić information content (AvgIpc) is 2.74. The maximum atomic E-state index is 11.6. The van der Waals surface area contributed by atoms with Gasteiger partial charge in [0.25, 0.3) is 0 Å². The van der Waals surface area contributed by atoms with Gasteiger partial charge in [-0.05, 0) is 56.7 Å². The minimum atomic E-state index is -0.134. The molecule has 0 unspecified atom stereocenters. The van der Waals surface area contributed by atoms with E-state index < -0.39 is 0 Å². The highest BCUT2D eigenvalue weighted by Crippen LogP contribution is 2.31. The highest BCUT2D eigenvalue weighted by atomic mass is 35.5. The number of anilines is 1. The van der Waals surface area contributed by atoms with Gasteiger partial charge in [-0.2, -0.15) is 5.26 Å². The fourth-order valence-corrected chi connectivity index (χ4v) is 4.62. The first-order chi connectivity index (χ1) is 14.1. The van der Waals surface area contributed by atoms with E-state index in [1.807, 2.05) is 24.3 Å². The van der Waals surface area contributed by atoms with Crippen LogP contribution in [0.15, 0.2) is 18.2 Å². The lowest BCUT2D eigenvalue weighted by Gasteiger charge is -2.37. The quantitative estimate of drug-likeness (QED) is 0.734. The Morgan fingerprint density at radius 1 is 1.24 bits per heavy atom. The van der Waals surface area contributed by atoms with Crippen molar-refractivity contribution in [1.82, 2.24) is 10.2 Å². The second kappa shape index (κ2) is 10.7. The van der Waals surface area contributed by atoms with Crippen LogP contribution in [-0.4, -0.2) is 56.7 Å². The molecule has 1 amide bonds. The Kier molecular flexibility index (Phi) is 8.02. The summed E-state index contributed by atoms with van der Waals surface area (Å²) >= 11 is 6.39. The standard InChI is InChI=1S/C22H31ClN4O2/c1-29-19-6-7-20(23)21(16-19)27-14-12-26(13-15-27)11-9-17-2-4-18(5-3-17)25-22(28)8-10-24/h6-7,16-18H,2-5,8-9,11-15H2,1H3,(H,25,28)/t17-,18-. The predicted octanol–water partition coefficient (Wildman–Crippen LogP) is 3.45. The van der Waals surface area contributed by atoms with Gasteiger partial charge in [0.2, 0.25) is 5.91 Å². The number of halogens is 1. The topological polar surface area (TPSA) is 68.6 Å². The lowest BCUT2D eigenvalue weighted by atomic mass is 9.84. The number of amides is 1. The summed E-state index contributed by atoms with van der Waals surface area (Å²) in [6, 6.07) is 7.98. The molecule has 1 saturated carbocycles. The molecule has 0 atom stereocenters. The third kappa shape index (κ3) is 6.25. The van der Waals surface area contributed by atoms with E-state index in [2.05, 4.69) is 15.1 Å². The largest absolute Gasteiger partial charge is 0.497 e. The SMILES string of the molecule is COc1ccc(Cl)c(N2CCN(CC[C@H]3CC[C@H](NC(=O)CC#N)CC3)CC2)c1. The number of ether oxygens (including phenoxy) is 1. The number of carbonyl (C=O) groups is 1. The molecular weight excluding hydrogens is 388 g/mol. The van der Waals surface area contributed by atoms with Crippen LogP contribution in [0.5, 0.6) is 5.75 Å². The summed E-state index contributed by atoms with van der Waals surface area (Å²) in [5, 5.41) is 12.3. The number of rotatable bonds is 7.